The quantitative estimate of drug-likeness (QED) is 0.686. The zero-order valence-electron chi connectivity index (χ0n) is 8.79. The molecule has 0 aliphatic carbocycles. The average Bonchev–Trinajstić information content (AvgIpc) is 2.45. The normalized spacial score (nSPS) is 9.86. The molecule has 0 saturated heterocycles. The largest absolute Gasteiger partial charge is 0.341 e. The van der Waals surface area contributed by atoms with Crippen LogP contribution in [0.2, 0.25) is 0 Å². The standard InChI is InChI=1S/C11H14N2O/c1-4-5-13-8(2)10(7-12)6-11(13)9(3)14/h6H,4-5H2,1-3H3. The van der Waals surface area contributed by atoms with Gasteiger partial charge in [0, 0.05) is 19.2 Å². The minimum atomic E-state index is 0.0167. The van der Waals surface area contributed by atoms with Crippen LogP contribution in [0.1, 0.15) is 42.0 Å². The number of hydrogen-bond donors (Lipinski definition) is 0. The molecule has 0 fully saturated rings. The van der Waals surface area contributed by atoms with Crippen LogP contribution >= 0.6 is 0 Å². The predicted molar refractivity (Wildman–Crippen MR) is 54.2 cm³/mol. The Morgan fingerprint density at radius 1 is 1.64 bits per heavy atom. The summed E-state index contributed by atoms with van der Waals surface area (Å²) in [5.41, 5.74) is 2.13. The molecule has 0 N–H and O–H groups in total. The molecule has 0 saturated carbocycles. The summed E-state index contributed by atoms with van der Waals surface area (Å²) in [7, 11) is 0. The molecule has 0 radical (unpaired) electrons. The molecule has 0 bridgehead atoms. The van der Waals surface area contributed by atoms with Crippen molar-refractivity contribution in [1.29, 1.82) is 5.26 Å². The number of hydrogen-bond acceptors (Lipinski definition) is 2. The van der Waals surface area contributed by atoms with E-state index >= 15 is 0 Å². The van der Waals surface area contributed by atoms with Crippen LogP contribution in [-0.2, 0) is 6.54 Å². The number of aromatic nitrogens is 1. The molecule has 1 rings (SSSR count). The fourth-order valence-corrected chi connectivity index (χ4v) is 1.56. The number of carbonyl (C=O) groups is 1. The number of Topliss-reactive ketones (excluding diaryl/α,β-unsaturated/α-hetero) is 1. The van der Waals surface area contributed by atoms with Gasteiger partial charge < -0.3 is 4.57 Å². The lowest BCUT2D eigenvalue weighted by molar-refractivity contribution is 0.100. The van der Waals surface area contributed by atoms with Crippen LogP contribution in [0.5, 0.6) is 0 Å². The highest BCUT2D eigenvalue weighted by Crippen LogP contribution is 2.15. The van der Waals surface area contributed by atoms with Gasteiger partial charge in [-0.1, -0.05) is 6.92 Å². The number of ketones is 1. The Labute approximate surface area is 84.0 Å². The van der Waals surface area contributed by atoms with Gasteiger partial charge in [0.25, 0.3) is 0 Å². The molecule has 0 unspecified atom stereocenters. The van der Waals surface area contributed by atoms with Crippen molar-refractivity contribution >= 4 is 5.78 Å². The van der Waals surface area contributed by atoms with Crippen molar-refractivity contribution in [2.45, 2.75) is 33.7 Å². The van der Waals surface area contributed by atoms with Crippen LogP contribution in [0.25, 0.3) is 0 Å². The molecular formula is C11H14N2O. The van der Waals surface area contributed by atoms with Crippen molar-refractivity contribution in [1.82, 2.24) is 4.57 Å². The van der Waals surface area contributed by atoms with Crippen LogP contribution in [-0.4, -0.2) is 10.4 Å². The Kier molecular flexibility index (Phi) is 3.08. The highest BCUT2D eigenvalue weighted by Gasteiger charge is 2.13. The topological polar surface area (TPSA) is 45.8 Å². The van der Waals surface area contributed by atoms with Crippen LogP contribution in [0.4, 0.5) is 0 Å². The van der Waals surface area contributed by atoms with Gasteiger partial charge in [0.05, 0.1) is 11.3 Å². The van der Waals surface area contributed by atoms with Gasteiger partial charge in [0.1, 0.15) is 6.07 Å². The summed E-state index contributed by atoms with van der Waals surface area (Å²) in [5, 5.41) is 8.83. The van der Waals surface area contributed by atoms with Crippen molar-refractivity contribution in [3.05, 3.63) is 23.0 Å². The summed E-state index contributed by atoms with van der Waals surface area (Å²) >= 11 is 0. The van der Waals surface area contributed by atoms with E-state index in [1.54, 1.807) is 6.07 Å². The maximum atomic E-state index is 11.3. The molecule has 3 nitrogen and oxygen atoms in total. The Bertz CT molecular complexity index is 396. The van der Waals surface area contributed by atoms with Crippen LogP contribution in [0.15, 0.2) is 6.07 Å². The van der Waals surface area contributed by atoms with E-state index in [0.717, 1.165) is 18.7 Å². The van der Waals surface area contributed by atoms with Crippen LogP contribution in [0.3, 0.4) is 0 Å². The van der Waals surface area contributed by atoms with E-state index in [-0.39, 0.29) is 5.78 Å². The molecule has 1 aromatic heterocycles. The van der Waals surface area contributed by atoms with Crippen molar-refractivity contribution in [2.24, 2.45) is 0 Å². The SMILES string of the molecule is CCCn1c(C(C)=O)cc(C#N)c1C. The maximum absolute atomic E-state index is 11.3. The fourth-order valence-electron chi connectivity index (χ4n) is 1.56. The minimum absolute atomic E-state index is 0.0167. The maximum Gasteiger partial charge on any atom is 0.176 e. The molecule has 0 amide bonds. The molecule has 3 heteroatoms. The van der Waals surface area contributed by atoms with Crippen molar-refractivity contribution in [2.75, 3.05) is 0 Å². The second-order valence-corrected chi connectivity index (χ2v) is 3.35. The van der Waals surface area contributed by atoms with Crippen LogP contribution in [0, 0.1) is 18.3 Å². The van der Waals surface area contributed by atoms with Gasteiger partial charge in [-0.2, -0.15) is 5.26 Å². The first-order valence-corrected chi connectivity index (χ1v) is 4.73. The predicted octanol–water partition coefficient (Wildman–Crippen LogP) is 2.28. The van der Waals surface area contributed by atoms with E-state index in [0.29, 0.717) is 11.3 Å². The van der Waals surface area contributed by atoms with Gasteiger partial charge in [-0.25, -0.2) is 0 Å². The van der Waals surface area contributed by atoms with Gasteiger partial charge in [0.2, 0.25) is 0 Å². The Morgan fingerprint density at radius 3 is 2.71 bits per heavy atom. The smallest absolute Gasteiger partial charge is 0.176 e. The van der Waals surface area contributed by atoms with Crippen LogP contribution < -0.4 is 0 Å². The second kappa shape index (κ2) is 4.10. The third-order valence-electron chi connectivity index (χ3n) is 2.29. The second-order valence-electron chi connectivity index (χ2n) is 3.35. The molecule has 0 aliphatic heterocycles. The van der Waals surface area contributed by atoms with E-state index in [4.69, 9.17) is 5.26 Å². The average molecular weight is 190 g/mol. The number of nitrogens with zero attached hydrogens (tertiary/aromatic N) is 2. The molecule has 1 aromatic rings. The Balaban J connectivity index is 3.29. The number of nitriles is 1. The molecule has 0 spiro atoms. The van der Waals surface area contributed by atoms with Gasteiger partial charge in [-0.3, -0.25) is 4.79 Å². The third-order valence-corrected chi connectivity index (χ3v) is 2.29. The molecule has 0 aromatic carbocycles. The van der Waals surface area contributed by atoms with E-state index in [1.807, 2.05) is 11.5 Å². The first-order chi connectivity index (χ1) is 6.61. The first-order valence-electron chi connectivity index (χ1n) is 4.73. The van der Waals surface area contributed by atoms with E-state index in [2.05, 4.69) is 13.0 Å². The number of rotatable bonds is 3. The van der Waals surface area contributed by atoms with E-state index < -0.39 is 0 Å². The fraction of sp³-hybridized carbons (Fsp3) is 0.455. The molecule has 14 heavy (non-hydrogen) atoms. The Hall–Kier alpha value is -1.56. The highest BCUT2D eigenvalue weighted by molar-refractivity contribution is 5.93. The number of carbonyl (C=O) groups excluding carboxylic acids is 1. The van der Waals surface area contributed by atoms with Gasteiger partial charge >= 0.3 is 0 Å². The lowest BCUT2D eigenvalue weighted by Crippen LogP contribution is -2.07. The summed E-state index contributed by atoms with van der Waals surface area (Å²) in [6, 6.07) is 3.77. The van der Waals surface area contributed by atoms with E-state index in [9.17, 15) is 4.79 Å². The zero-order valence-corrected chi connectivity index (χ0v) is 8.79. The molecule has 74 valence electrons. The summed E-state index contributed by atoms with van der Waals surface area (Å²) < 4.78 is 1.92. The zero-order chi connectivity index (χ0) is 10.7. The molecule has 1 heterocycles. The monoisotopic (exact) mass is 190 g/mol. The van der Waals surface area contributed by atoms with Crippen molar-refractivity contribution in [3.63, 3.8) is 0 Å². The summed E-state index contributed by atoms with van der Waals surface area (Å²) in [5.74, 6) is 0.0167. The summed E-state index contributed by atoms with van der Waals surface area (Å²) in [6.45, 7) is 6.25. The van der Waals surface area contributed by atoms with E-state index in [1.165, 1.54) is 6.92 Å². The Morgan fingerprint density at radius 2 is 2.29 bits per heavy atom. The minimum Gasteiger partial charge on any atom is -0.341 e. The van der Waals surface area contributed by atoms with Gasteiger partial charge in [0.15, 0.2) is 5.78 Å². The molecule has 0 aliphatic rings. The lowest BCUT2D eigenvalue weighted by atomic mass is 10.2. The van der Waals surface area contributed by atoms with Gasteiger partial charge in [-0.05, 0) is 19.4 Å². The summed E-state index contributed by atoms with van der Waals surface area (Å²) in [6.07, 6.45) is 0.959. The van der Waals surface area contributed by atoms with Gasteiger partial charge in [-0.15, -0.1) is 0 Å². The van der Waals surface area contributed by atoms with Crippen molar-refractivity contribution in [3.8, 4) is 6.07 Å². The van der Waals surface area contributed by atoms with Crippen molar-refractivity contribution < 1.29 is 4.79 Å². The molecular weight excluding hydrogens is 176 g/mol. The first kappa shape index (κ1) is 10.5. The highest BCUT2D eigenvalue weighted by atomic mass is 16.1. The summed E-state index contributed by atoms with van der Waals surface area (Å²) in [4.78, 5) is 11.3. The third kappa shape index (κ3) is 1.69. The lowest BCUT2D eigenvalue weighted by Gasteiger charge is -2.07. The molecule has 0 atom stereocenters.